The number of ether oxygens (including phenoxy) is 2. The van der Waals surface area contributed by atoms with Crippen LogP contribution in [0.5, 0.6) is 11.5 Å². The van der Waals surface area contributed by atoms with E-state index in [9.17, 15) is 4.79 Å². The number of nitrogens with one attached hydrogen (secondary N) is 2. The van der Waals surface area contributed by atoms with Gasteiger partial charge < -0.3 is 20.1 Å². The lowest BCUT2D eigenvalue weighted by Gasteiger charge is -2.24. The number of carbonyl (C=O) groups is 1. The van der Waals surface area contributed by atoms with Crippen molar-refractivity contribution in [3.8, 4) is 11.5 Å². The van der Waals surface area contributed by atoms with Crippen molar-refractivity contribution in [1.82, 2.24) is 5.32 Å². The molecule has 0 fully saturated rings. The highest BCUT2D eigenvalue weighted by Crippen LogP contribution is 2.29. The van der Waals surface area contributed by atoms with Crippen LogP contribution in [0.25, 0.3) is 0 Å². The van der Waals surface area contributed by atoms with Gasteiger partial charge in [-0.15, -0.1) is 0 Å². The third kappa shape index (κ3) is 7.94. The number of anilines is 1. The first-order valence-corrected chi connectivity index (χ1v) is 14.7. The Balaban J connectivity index is 1.39. The predicted octanol–water partition coefficient (Wildman–Crippen LogP) is 7.76. The largest absolute Gasteiger partial charge is 0.491 e. The van der Waals surface area contributed by atoms with Gasteiger partial charge in [0, 0.05) is 16.8 Å². The standard InChI is InChI=1S/C37H44N2O3/c1-24-18-26(3)35(27(4)19-24)37(40)38-16-17-41-33-14-11-15-34(30(33)7)42-23-32(22-31-12-9-8-10-13-31)39-36-28(5)20-25(2)21-29(36)6/h8-15,18-21,32,39H,16-17,22-23H2,1-7H3,(H,38,40). The molecule has 0 aromatic heterocycles. The summed E-state index contributed by atoms with van der Waals surface area (Å²) < 4.78 is 12.5. The molecule has 0 bridgehead atoms. The molecule has 1 amide bonds. The summed E-state index contributed by atoms with van der Waals surface area (Å²) in [5.74, 6) is 1.47. The topological polar surface area (TPSA) is 59.6 Å². The second kappa shape index (κ2) is 14.1. The Kier molecular flexibility index (Phi) is 10.3. The maximum Gasteiger partial charge on any atom is 0.251 e. The Morgan fingerprint density at radius 2 is 1.29 bits per heavy atom. The van der Waals surface area contributed by atoms with Crippen molar-refractivity contribution in [3.05, 3.63) is 123 Å². The summed E-state index contributed by atoms with van der Waals surface area (Å²) in [6.45, 7) is 15.7. The molecule has 5 nitrogen and oxygen atoms in total. The maximum absolute atomic E-state index is 12.8. The van der Waals surface area contributed by atoms with Crippen molar-refractivity contribution in [1.29, 1.82) is 0 Å². The van der Waals surface area contributed by atoms with E-state index < -0.39 is 0 Å². The van der Waals surface area contributed by atoms with Crippen molar-refractivity contribution in [2.45, 2.75) is 60.9 Å². The summed E-state index contributed by atoms with van der Waals surface area (Å²) in [6, 6.07) is 25.0. The molecule has 0 saturated carbocycles. The number of benzene rings is 4. The minimum Gasteiger partial charge on any atom is -0.491 e. The Morgan fingerprint density at radius 3 is 1.90 bits per heavy atom. The molecule has 1 atom stereocenters. The monoisotopic (exact) mass is 564 g/mol. The zero-order valence-electron chi connectivity index (χ0n) is 26.1. The van der Waals surface area contributed by atoms with Crippen LogP contribution in [0.1, 0.15) is 54.9 Å². The minimum atomic E-state index is -0.0709. The lowest BCUT2D eigenvalue weighted by molar-refractivity contribution is 0.0945. The van der Waals surface area contributed by atoms with Crippen LogP contribution < -0.4 is 20.1 Å². The van der Waals surface area contributed by atoms with E-state index in [-0.39, 0.29) is 11.9 Å². The first kappa shape index (κ1) is 30.7. The predicted molar refractivity (Wildman–Crippen MR) is 173 cm³/mol. The van der Waals surface area contributed by atoms with Crippen molar-refractivity contribution >= 4 is 11.6 Å². The van der Waals surface area contributed by atoms with E-state index in [4.69, 9.17) is 9.47 Å². The molecule has 0 aliphatic heterocycles. The molecule has 4 aromatic carbocycles. The average Bonchev–Trinajstić information content (AvgIpc) is 2.93. The molecule has 1 unspecified atom stereocenters. The lowest BCUT2D eigenvalue weighted by Crippen LogP contribution is -2.30. The maximum atomic E-state index is 12.8. The normalized spacial score (nSPS) is 11.6. The van der Waals surface area contributed by atoms with Crippen LogP contribution in [0.4, 0.5) is 5.69 Å². The molecule has 2 N–H and O–H groups in total. The van der Waals surface area contributed by atoms with Gasteiger partial charge >= 0.3 is 0 Å². The summed E-state index contributed by atoms with van der Waals surface area (Å²) in [5, 5.41) is 6.78. The molecule has 4 aromatic rings. The smallest absolute Gasteiger partial charge is 0.251 e. The Bertz CT molecular complexity index is 1480. The van der Waals surface area contributed by atoms with Crippen LogP contribution in [0.15, 0.2) is 72.8 Å². The van der Waals surface area contributed by atoms with Crippen molar-refractivity contribution in [3.63, 3.8) is 0 Å². The van der Waals surface area contributed by atoms with Crippen LogP contribution in [-0.2, 0) is 6.42 Å². The highest BCUT2D eigenvalue weighted by molar-refractivity contribution is 5.97. The number of rotatable bonds is 12. The fraction of sp³-hybridized carbons (Fsp3) is 0.324. The highest BCUT2D eigenvalue weighted by Gasteiger charge is 2.16. The Morgan fingerprint density at radius 1 is 0.714 bits per heavy atom. The van der Waals surface area contributed by atoms with Crippen LogP contribution in [-0.4, -0.2) is 31.7 Å². The van der Waals surface area contributed by atoms with Crippen molar-refractivity contribution in [2.75, 3.05) is 25.1 Å². The summed E-state index contributed by atoms with van der Waals surface area (Å²) in [5.41, 5.74) is 11.0. The Hall–Kier alpha value is -4.25. The zero-order valence-corrected chi connectivity index (χ0v) is 26.1. The van der Waals surface area contributed by atoms with Crippen molar-refractivity contribution in [2.24, 2.45) is 0 Å². The molecule has 4 rings (SSSR count). The second-order valence-corrected chi connectivity index (χ2v) is 11.4. The van der Waals surface area contributed by atoms with E-state index in [1.165, 1.54) is 22.3 Å². The second-order valence-electron chi connectivity index (χ2n) is 11.4. The SMILES string of the molecule is Cc1cc(C)c(NC(COc2cccc(OCCNC(=O)c3c(C)cc(C)cc3C)c2C)Cc2ccccc2)c(C)c1. The van der Waals surface area contributed by atoms with Gasteiger partial charge in [0.25, 0.3) is 5.91 Å². The number of aryl methyl sites for hydroxylation is 6. The fourth-order valence-electron chi connectivity index (χ4n) is 5.71. The van der Waals surface area contributed by atoms with Gasteiger partial charge in [0.2, 0.25) is 0 Å². The van der Waals surface area contributed by atoms with Crippen LogP contribution >= 0.6 is 0 Å². The number of amides is 1. The molecule has 42 heavy (non-hydrogen) atoms. The van der Waals surface area contributed by atoms with E-state index in [2.05, 4.69) is 67.8 Å². The molecule has 0 aliphatic rings. The Labute approximate surface area is 251 Å². The summed E-state index contributed by atoms with van der Waals surface area (Å²) in [4.78, 5) is 12.8. The molecule has 0 spiro atoms. The van der Waals surface area contributed by atoms with Gasteiger partial charge in [0.15, 0.2) is 0 Å². The number of hydrogen-bond donors (Lipinski definition) is 2. The minimum absolute atomic E-state index is 0.0698. The van der Waals surface area contributed by atoms with Gasteiger partial charge in [0.05, 0.1) is 12.6 Å². The van der Waals surface area contributed by atoms with Gasteiger partial charge in [-0.1, -0.05) is 71.8 Å². The lowest BCUT2D eigenvalue weighted by atomic mass is 9.99. The van der Waals surface area contributed by atoms with Gasteiger partial charge in [-0.25, -0.2) is 0 Å². The summed E-state index contributed by atoms with van der Waals surface area (Å²) in [6.07, 6.45) is 0.836. The van der Waals surface area contributed by atoms with Crippen LogP contribution in [0.2, 0.25) is 0 Å². The third-order valence-electron chi connectivity index (χ3n) is 7.57. The zero-order chi connectivity index (χ0) is 30.2. The fourth-order valence-corrected chi connectivity index (χ4v) is 5.71. The molecule has 0 radical (unpaired) electrons. The van der Waals surface area contributed by atoms with Crippen LogP contribution in [0.3, 0.4) is 0 Å². The molecule has 220 valence electrons. The highest BCUT2D eigenvalue weighted by atomic mass is 16.5. The molecule has 5 heteroatoms. The average molecular weight is 565 g/mol. The van der Waals surface area contributed by atoms with Gasteiger partial charge in [0.1, 0.15) is 24.7 Å². The third-order valence-corrected chi connectivity index (χ3v) is 7.57. The van der Waals surface area contributed by atoms with Gasteiger partial charge in [-0.05, 0) is 94.8 Å². The van der Waals surface area contributed by atoms with Gasteiger partial charge in [-0.3, -0.25) is 4.79 Å². The first-order valence-electron chi connectivity index (χ1n) is 14.7. The molecular formula is C37H44N2O3. The molecule has 0 saturated heterocycles. The first-order chi connectivity index (χ1) is 20.1. The van der Waals surface area contributed by atoms with E-state index in [0.29, 0.717) is 19.8 Å². The van der Waals surface area contributed by atoms with Crippen LogP contribution in [0, 0.1) is 48.5 Å². The number of carbonyl (C=O) groups excluding carboxylic acids is 1. The number of hydrogen-bond acceptors (Lipinski definition) is 4. The molecule has 0 aliphatic carbocycles. The summed E-state index contributed by atoms with van der Waals surface area (Å²) in [7, 11) is 0. The molecular weight excluding hydrogens is 520 g/mol. The summed E-state index contributed by atoms with van der Waals surface area (Å²) >= 11 is 0. The van der Waals surface area contributed by atoms with E-state index in [1.807, 2.05) is 64.1 Å². The quantitative estimate of drug-likeness (QED) is 0.173. The van der Waals surface area contributed by atoms with Gasteiger partial charge in [-0.2, -0.15) is 0 Å². The van der Waals surface area contributed by atoms with Crippen molar-refractivity contribution < 1.29 is 14.3 Å². The van der Waals surface area contributed by atoms with E-state index in [1.54, 1.807) is 0 Å². The molecule has 0 heterocycles. The van der Waals surface area contributed by atoms with E-state index in [0.717, 1.165) is 51.4 Å². The van der Waals surface area contributed by atoms with E-state index >= 15 is 0 Å².